The molecule has 0 bridgehead atoms. The first-order valence-electron chi connectivity index (χ1n) is 4.40. The van der Waals surface area contributed by atoms with Gasteiger partial charge in [-0.3, -0.25) is 14.7 Å². The smallest absolute Gasteiger partial charge is 0.269 e. The van der Waals surface area contributed by atoms with Crippen molar-refractivity contribution in [3.63, 3.8) is 0 Å². The molecule has 0 radical (unpaired) electrons. The Balaban J connectivity index is 2.33. The summed E-state index contributed by atoms with van der Waals surface area (Å²) in [5.74, 6) is 0. The number of nitrogens with zero attached hydrogens (tertiary/aromatic N) is 2. The van der Waals surface area contributed by atoms with Crippen LogP contribution in [0.5, 0.6) is 0 Å². The normalized spacial score (nSPS) is 12.3. The van der Waals surface area contributed by atoms with E-state index in [0.717, 1.165) is 0 Å². The highest BCUT2D eigenvalue weighted by Crippen LogP contribution is 2.22. The summed E-state index contributed by atoms with van der Waals surface area (Å²) in [4.78, 5) is 9.93. The van der Waals surface area contributed by atoms with Gasteiger partial charge in [0.15, 0.2) is 0 Å². The van der Waals surface area contributed by atoms with E-state index in [1.165, 1.54) is 30.3 Å². The van der Waals surface area contributed by atoms with Crippen LogP contribution in [0.15, 0.2) is 39.9 Å². The lowest BCUT2D eigenvalue weighted by Gasteiger charge is -1.94. The van der Waals surface area contributed by atoms with Gasteiger partial charge in [-0.25, -0.2) is 4.21 Å². The molecular formula is C9H6N2O5S. The second kappa shape index (κ2) is 4.44. The third-order valence-electron chi connectivity index (χ3n) is 2.03. The number of hydrogen-bond acceptors (Lipinski definition) is 5. The Morgan fingerprint density at radius 1 is 1.35 bits per heavy atom. The summed E-state index contributed by atoms with van der Waals surface area (Å²) in [5, 5.41) is 13.9. The highest BCUT2D eigenvalue weighted by molar-refractivity contribution is 7.79. The van der Waals surface area contributed by atoms with Gasteiger partial charge in [0.25, 0.3) is 10.8 Å². The molecule has 1 unspecified atom stereocenters. The Hall–Kier alpha value is -2.06. The van der Waals surface area contributed by atoms with Crippen molar-refractivity contribution in [1.29, 1.82) is 0 Å². The first-order chi connectivity index (χ1) is 8.08. The maximum absolute atomic E-state index is 10.7. The van der Waals surface area contributed by atoms with E-state index in [1.54, 1.807) is 0 Å². The van der Waals surface area contributed by atoms with Crippen molar-refractivity contribution in [2.45, 2.75) is 5.09 Å². The minimum absolute atomic E-state index is 0.0387. The summed E-state index contributed by atoms with van der Waals surface area (Å²) in [6.45, 7) is 0. The largest absolute Gasteiger partial charge is 0.344 e. The SMILES string of the molecule is O=[N+]([O-])c1ccc(-c2cc(S(=O)O)on2)cc1. The van der Waals surface area contributed by atoms with Crippen LogP contribution in [0.3, 0.4) is 0 Å². The molecule has 0 amide bonds. The molecule has 1 N–H and O–H groups in total. The maximum atomic E-state index is 10.7. The fourth-order valence-electron chi connectivity index (χ4n) is 1.23. The molecule has 0 spiro atoms. The van der Waals surface area contributed by atoms with Crippen molar-refractivity contribution in [3.05, 3.63) is 40.4 Å². The average Bonchev–Trinajstić information content (AvgIpc) is 2.78. The molecule has 2 aromatic rings. The highest BCUT2D eigenvalue weighted by Gasteiger charge is 2.12. The van der Waals surface area contributed by atoms with Crippen molar-refractivity contribution < 1.29 is 18.2 Å². The van der Waals surface area contributed by atoms with Gasteiger partial charge >= 0.3 is 0 Å². The second-order valence-electron chi connectivity index (χ2n) is 3.08. The van der Waals surface area contributed by atoms with Crippen molar-refractivity contribution in [1.82, 2.24) is 5.16 Å². The summed E-state index contributed by atoms with van der Waals surface area (Å²) in [6.07, 6.45) is 0. The third kappa shape index (κ3) is 2.37. The molecular weight excluding hydrogens is 248 g/mol. The zero-order valence-corrected chi connectivity index (χ0v) is 9.09. The molecule has 1 atom stereocenters. The minimum Gasteiger partial charge on any atom is -0.344 e. The molecule has 17 heavy (non-hydrogen) atoms. The molecule has 0 saturated heterocycles. The Labute approximate surface area is 97.5 Å². The van der Waals surface area contributed by atoms with Crippen LogP contribution < -0.4 is 0 Å². The van der Waals surface area contributed by atoms with Crippen molar-refractivity contribution in [2.75, 3.05) is 0 Å². The number of rotatable bonds is 3. The molecule has 0 aliphatic rings. The van der Waals surface area contributed by atoms with Gasteiger partial charge in [-0.1, -0.05) is 5.16 Å². The molecule has 1 aromatic heterocycles. The summed E-state index contributed by atoms with van der Waals surface area (Å²) in [7, 11) is 0. The Kier molecular flexibility index (Phi) is 2.98. The van der Waals surface area contributed by atoms with Gasteiger partial charge in [0.1, 0.15) is 5.69 Å². The molecule has 88 valence electrons. The summed E-state index contributed by atoms with van der Waals surface area (Å²) < 4.78 is 24.1. The van der Waals surface area contributed by atoms with E-state index in [-0.39, 0.29) is 10.8 Å². The van der Waals surface area contributed by atoms with Gasteiger partial charge in [0.05, 0.1) is 4.92 Å². The van der Waals surface area contributed by atoms with Crippen LogP contribution in [0.1, 0.15) is 0 Å². The topological polar surface area (TPSA) is 106 Å². The number of aromatic nitrogens is 1. The van der Waals surface area contributed by atoms with Gasteiger partial charge in [0, 0.05) is 23.8 Å². The Morgan fingerprint density at radius 3 is 2.47 bits per heavy atom. The number of nitro benzene ring substituents is 1. The quantitative estimate of drug-likeness (QED) is 0.508. The van der Waals surface area contributed by atoms with Gasteiger partial charge in [-0.05, 0) is 12.1 Å². The molecule has 7 nitrogen and oxygen atoms in total. The van der Waals surface area contributed by atoms with E-state index in [2.05, 4.69) is 9.68 Å². The van der Waals surface area contributed by atoms with Crippen LogP contribution in [0.4, 0.5) is 5.69 Å². The molecule has 0 aliphatic heterocycles. The zero-order valence-electron chi connectivity index (χ0n) is 8.27. The second-order valence-corrected chi connectivity index (χ2v) is 3.99. The van der Waals surface area contributed by atoms with Crippen LogP contribution in [0.2, 0.25) is 0 Å². The first kappa shape index (κ1) is 11.4. The van der Waals surface area contributed by atoms with Crippen molar-refractivity contribution in [3.8, 4) is 11.3 Å². The summed E-state index contributed by atoms with van der Waals surface area (Å²) >= 11 is -2.23. The maximum Gasteiger partial charge on any atom is 0.269 e. The lowest BCUT2D eigenvalue weighted by molar-refractivity contribution is -0.384. The zero-order chi connectivity index (χ0) is 12.4. The van der Waals surface area contributed by atoms with Crippen molar-refractivity contribution in [2.24, 2.45) is 0 Å². The molecule has 8 heteroatoms. The third-order valence-corrected chi connectivity index (χ3v) is 2.57. The number of hydrogen-bond donors (Lipinski definition) is 1. The van der Waals surface area contributed by atoms with Crippen LogP contribution in [0.25, 0.3) is 11.3 Å². The Bertz CT molecular complexity index is 577. The van der Waals surface area contributed by atoms with E-state index in [0.29, 0.717) is 11.3 Å². The van der Waals surface area contributed by atoms with E-state index >= 15 is 0 Å². The molecule has 0 fully saturated rings. The minimum atomic E-state index is -2.23. The molecule has 1 aromatic carbocycles. The van der Waals surface area contributed by atoms with Crippen LogP contribution >= 0.6 is 0 Å². The van der Waals surface area contributed by atoms with Crippen LogP contribution in [0, 0.1) is 10.1 Å². The molecule has 0 saturated carbocycles. The number of nitro groups is 1. The molecule has 1 heterocycles. The number of benzene rings is 1. The van der Waals surface area contributed by atoms with E-state index in [1.807, 2.05) is 0 Å². The number of non-ortho nitro benzene ring substituents is 1. The molecule has 2 rings (SSSR count). The van der Waals surface area contributed by atoms with Crippen molar-refractivity contribution >= 4 is 16.8 Å². The fraction of sp³-hybridized carbons (Fsp3) is 0. The average molecular weight is 254 g/mol. The predicted octanol–water partition coefficient (Wildman–Crippen LogP) is 1.83. The summed E-state index contributed by atoms with van der Waals surface area (Å²) in [5.41, 5.74) is 0.872. The van der Waals surface area contributed by atoms with E-state index in [4.69, 9.17) is 4.55 Å². The van der Waals surface area contributed by atoms with Gasteiger partial charge in [0.2, 0.25) is 11.1 Å². The van der Waals surface area contributed by atoms with Gasteiger partial charge in [-0.15, -0.1) is 0 Å². The lowest BCUT2D eigenvalue weighted by atomic mass is 10.1. The van der Waals surface area contributed by atoms with Gasteiger partial charge in [-0.2, -0.15) is 0 Å². The highest BCUT2D eigenvalue weighted by atomic mass is 32.2. The van der Waals surface area contributed by atoms with E-state index < -0.39 is 16.0 Å². The van der Waals surface area contributed by atoms with Crippen LogP contribution in [-0.2, 0) is 11.1 Å². The standard InChI is InChI=1S/C9H6N2O5S/c12-11(13)7-3-1-6(2-4-7)8-5-9(16-10-8)17(14)15/h1-5H,(H,14,15). The molecule has 0 aliphatic carbocycles. The summed E-state index contributed by atoms with van der Waals surface area (Å²) in [6, 6.07) is 6.91. The van der Waals surface area contributed by atoms with Gasteiger partial charge < -0.3 is 4.52 Å². The fourth-order valence-corrected chi connectivity index (χ4v) is 1.54. The monoisotopic (exact) mass is 254 g/mol. The Morgan fingerprint density at radius 2 is 2.00 bits per heavy atom. The van der Waals surface area contributed by atoms with E-state index in [9.17, 15) is 14.3 Å². The lowest BCUT2D eigenvalue weighted by Crippen LogP contribution is -1.87. The van der Waals surface area contributed by atoms with Crippen LogP contribution in [-0.4, -0.2) is 18.8 Å². The first-order valence-corrected chi connectivity index (χ1v) is 5.51. The predicted molar refractivity (Wildman–Crippen MR) is 57.6 cm³/mol.